The fourth-order valence-electron chi connectivity index (χ4n) is 1.40. The first kappa shape index (κ1) is 10.8. The van der Waals surface area contributed by atoms with Crippen molar-refractivity contribution in [2.45, 2.75) is 6.42 Å². The summed E-state index contributed by atoms with van der Waals surface area (Å²) in [5.74, 6) is 1.19. The van der Waals surface area contributed by atoms with Crippen molar-refractivity contribution in [2.75, 3.05) is 0 Å². The molecule has 1 aliphatic carbocycles. The van der Waals surface area contributed by atoms with E-state index in [-0.39, 0.29) is 0 Å². The van der Waals surface area contributed by atoms with Crippen LogP contribution in [0.5, 0.6) is 5.75 Å². The SMILES string of the molecule is O=Cc1ccccc1OC1=CC=CCC1=S. The van der Waals surface area contributed by atoms with Gasteiger partial charge in [-0.1, -0.05) is 36.5 Å². The molecule has 0 saturated carbocycles. The van der Waals surface area contributed by atoms with Crippen molar-refractivity contribution < 1.29 is 9.53 Å². The molecule has 0 unspecified atom stereocenters. The summed E-state index contributed by atoms with van der Waals surface area (Å²) in [5, 5.41) is 0. The van der Waals surface area contributed by atoms with Gasteiger partial charge in [-0.2, -0.15) is 0 Å². The first-order valence-corrected chi connectivity index (χ1v) is 5.34. The fourth-order valence-corrected chi connectivity index (χ4v) is 1.61. The van der Waals surface area contributed by atoms with Crippen LogP contribution in [0.15, 0.2) is 48.3 Å². The van der Waals surface area contributed by atoms with E-state index in [1.807, 2.05) is 24.3 Å². The number of rotatable bonds is 3. The van der Waals surface area contributed by atoms with Crippen LogP contribution < -0.4 is 4.74 Å². The minimum Gasteiger partial charge on any atom is -0.455 e. The van der Waals surface area contributed by atoms with Gasteiger partial charge in [-0.3, -0.25) is 4.79 Å². The van der Waals surface area contributed by atoms with Crippen LogP contribution in [-0.4, -0.2) is 11.2 Å². The number of thiocarbonyl (C=S) groups is 1. The Labute approximate surface area is 99.2 Å². The van der Waals surface area contributed by atoms with Gasteiger partial charge in [0.15, 0.2) is 6.29 Å². The second-order valence-electron chi connectivity index (χ2n) is 3.34. The maximum atomic E-state index is 10.8. The molecule has 16 heavy (non-hydrogen) atoms. The van der Waals surface area contributed by atoms with E-state index in [0.717, 1.165) is 11.2 Å². The normalized spacial score (nSPS) is 14.5. The molecule has 0 heterocycles. The van der Waals surface area contributed by atoms with E-state index in [4.69, 9.17) is 17.0 Å². The number of ether oxygens (including phenoxy) is 1. The molecule has 0 radical (unpaired) electrons. The van der Waals surface area contributed by atoms with Crippen molar-refractivity contribution >= 4 is 23.4 Å². The molecule has 1 aromatic carbocycles. The number of hydrogen-bond donors (Lipinski definition) is 0. The van der Waals surface area contributed by atoms with Crippen molar-refractivity contribution in [3.8, 4) is 5.75 Å². The Balaban J connectivity index is 2.26. The molecule has 0 bridgehead atoms. The van der Waals surface area contributed by atoms with E-state index < -0.39 is 0 Å². The Bertz CT molecular complexity index is 486. The second kappa shape index (κ2) is 4.86. The van der Waals surface area contributed by atoms with E-state index in [0.29, 0.717) is 23.5 Å². The lowest BCUT2D eigenvalue weighted by atomic mass is 10.1. The summed E-state index contributed by atoms with van der Waals surface area (Å²) in [7, 11) is 0. The van der Waals surface area contributed by atoms with E-state index in [9.17, 15) is 4.79 Å². The number of para-hydroxylation sites is 1. The Morgan fingerprint density at radius 1 is 1.31 bits per heavy atom. The molecule has 0 amide bonds. The molecule has 80 valence electrons. The highest BCUT2D eigenvalue weighted by Crippen LogP contribution is 2.21. The van der Waals surface area contributed by atoms with Crippen molar-refractivity contribution in [1.82, 2.24) is 0 Å². The molecule has 2 nitrogen and oxygen atoms in total. The smallest absolute Gasteiger partial charge is 0.153 e. The zero-order chi connectivity index (χ0) is 11.4. The predicted molar refractivity (Wildman–Crippen MR) is 66.9 cm³/mol. The Morgan fingerprint density at radius 2 is 2.12 bits per heavy atom. The molecule has 3 heteroatoms. The van der Waals surface area contributed by atoms with Crippen LogP contribution in [0.25, 0.3) is 0 Å². The maximum absolute atomic E-state index is 10.8. The van der Waals surface area contributed by atoms with Gasteiger partial charge in [-0.05, 0) is 18.2 Å². The van der Waals surface area contributed by atoms with Crippen molar-refractivity contribution in [3.63, 3.8) is 0 Å². The van der Waals surface area contributed by atoms with Gasteiger partial charge in [0.05, 0.1) is 10.4 Å². The highest BCUT2D eigenvalue weighted by atomic mass is 32.1. The molecule has 0 spiro atoms. The number of allylic oxidation sites excluding steroid dienone is 4. The molecule has 0 fully saturated rings. The molecular formula is C13H10O2S. The standard InChI is InChI=1S/C13H10O2S/c14-9-10-5-1-2-6-11(10)15-12-7-3-4-8-13(12)16/h1-7,9H,8H2. The van der Waals surface area contributed by atoms with Gasteiger partial charge in [0.25, 0.3) is 0 Å². The zero-order valence-electron chi connectivity index (χ0n) is 8.55. The molecule has 1 aromatic rings. The lowest BCUT2D eigenvalue weighted by Gasteiger charge is -2.13. The molecule has 0 aliphatic heterocycles. The van der Waals surface area contributed by atoms with E-state index in [1.165, 1.54) is 0 Å². The monoisotopic (exact) mass is 230 g/mol. The number of carbonyl (C=O) groups is 1. The van der Waals surface area contributed by atoms with Crippen LogP contribution in [0.2, 0.25) is 0 Å². The summed E-state index contributed by atoms with van der Waals surface area (Å²) in [6.45, 7) is 0. The fraction of sp³-hybridized carbons (Fsp3) is 0.0769. The number of carbonyl (C=O) groups excluding carboxylic acids is 1. The van der Waals surface area contributed by atoms with Crippen LogP contribution in [0, 0.1) is 0 Å². The summed E-state index contributed by atoms with van der Waals surface area (Å²) in [5.41, 5.74) is 0.528. The summed E-state index contributed by atoms with van der Waals surface area (Å²) in [6, 6.07) is 7.09. The molecule has 0 N–H and O–H groups in total. The Morgan fingerprint density at radius 3 is 2.88 bits per heavy atom. The number of hydrogen-bond acceptors (Lipinski definition) is 3. The van der Waals surface area contributed by atoms with Gasteiger partial charge in [0.1, 0.15) is 11.5 Å². The summed E-state index contributed by atoms with van der Waals surface area (Å²) in [4.78, 5) is 11.6. The third-order valence-electron chi connectivity index (χ3n) is 2.23. The zero-order valence-corrected chi connectivity index (χ0v) is 9.37. The minimum absolute atomic E-state index is 0.528. The second-order valence-corrected chi connectivity index (χ2v) is 3.84. The van der Waals surface area contributed by atoms with Gasteiger partial charge in [0.2, 0.25) is 0 Å². The van der Waals surface area contributed by atoms with Gasteiger partial charge < -0.3 is 4.74 Å². The third-order valence-corrected chi connectivity index (χ3v) is 2.60. The molecule has 2 rings (SSSR count). The molecule has 0 atom stereocenters. The van der Waals surface area contributed by atoms with Crippen LogP contribution in [0.1, 0.15) is 16.8 Å². The van der Waals surface area contributed by atoms with Gasteiger partial charge in [-0.25, -0.2) is 0 Å². The highest BCUT2D eigenvalue weighted by molar-refractivity contribution is 7.80. The largest absolute Gasteiger partial charge is 0.455 e. The van der Waals surface area contributed by atoms with E-state index in [1.54, 1.807) is 18.2 Å². The van der Waals surface area contributed by atoms with Crippen molar-refractivity contribution in [1.29, 1.82) is 0 Å². The van der Waals surface area contributed by atoms with E-state index >= 15 is 0 Å². The Kier molecular flexibility index (Phi) is 3.27. The van der Waals surface area contributed by atoms with Gasteiger partial charge in [0, 0.05) is 6.42 Å². The third kappa shape index (κ3) is 2.25. The summed E-state index contributed by atoms with van der Waals surface area (Å²) < 4.78 is 5.63. The van der Waals surface area contributed by atoms with Gasteiger partial charge in [-0.15, -0.1) is 0 Å². The summed E-state index contributed by atoms with van der Waals surface area (Å²) in [6.07, 6.45) is 7.17. The number of aldehydes is 1. The van der Waals surface area contributed by atoms with Crippen LogP contribution >= 0.6 is 12.2 Å². The lowest BCUT2D eigenvalue weighted by Crippen LogP contribution is -2.09. The number of benzene rings is 1. The lowest BCUT2D eigenvalue weighted by molar-refractivity contribution is 0.112. The predicted octanol–water partition coefficient (Wildman–Crippen LogP) is 3.09. The first-order valence-electron chi connectivity index (χ1n) is 4.93. The topological polar surface area (TPSA) is 26.3 Å². The van der Waals surface area contributed by atoms with Crippen LogP contribution in [-0.2, 0) is 0 Å². The van der Waals surface area contributed by atoms with Crippen molar-refractivity contribution in [2.24, 2.45) is 0 Å². The van der Waals surface area contributed by atoms with Crippen molar-refractivity contribution in [3.05, 3.63) is 53.8 Å². The quantitative estimate of drug-likeness (QED) is 0.589. The molecule has 1 aliphatic rings. The summed E-state index contributed by atoms with van der Waals surface area (Å²) >= 11 is 5.17. The van der Waals surface area contributed by atoms with Crippen LogP contribution in [0.4, 0.5) is 0 Å². The highest BCUT2D eigenvalue weighted by Gasteiger charge is 2.10. The molecule has 0 aromatic heterocycles. The first-order chi connectivity index (χ1) is 7.81. The maximum Gasteiger partial charge on any atom is 0.153 e. The van der Waals surface area contributed by atoms with Crippen LogP contribution in [0.3, 0.4) is 0 Å². The van der Waals surface area contributed by atoms with E-state index in [2.05, 4.69) is 0 Å². The Hall–Kier alpha value is -1.74. The average molecular weight is 230 g/mol. The minimum atomic E-state index is 0.528. The molecule has 0 saturated heterocycles. The van der Waals surface area contributed by atoms with Gasteiger partial charge >= 0.3 is 0 Å². The average Bonchev–Trinajstić information content (AvgIpc) is 2.33. The molecular weight excluding hydrogens is 220 g/mol.